The minimum absolute atomic E-state index is 0.00460. The van der Waals surface area contributed by atoms with Crippen molar-refractivity contribution in [2.24, 2.45) is 11.0 Å². The molecule has 1 unspecified atom stereocenters. The summed E-state index contributed by atoms with van der Waals surface area (Å²) in [7, 11) is 0. The van der Waals surface area contributed by atoms with Crippen molar-refractivity contribution in [3.63, 3.8) is 0 Å². The van der Waals surface area contributed by atoms with E-state index >= 15 is 0 Å². The second-order valence-electron chi connectivity index (χ2n) is 5.42. The number of amides is 2. The lowest BCUT2D eigenvalue weighted by Gasteiger charge is -2.19. The van der Waals surface area contributed by atoms with Gasteiger partial charge in [0.05, 0.1) is 10.6 Å². The number of hydrogen-bond acceptors (Lipinski definition) is 5. The molecule has 1 aliphatic heterocycles. The van der Waals surface area contributed by atoms with Gasteiger partial charge in [0.15, 0.2) is 0 Å². The summed E-state index contributed by atoms with van der Waals surface area (Å²) in [6, 6.07) is 4.73. The highest BCUT2D eigenvalue weighted by Crippen LogP contribution is 2.19. The Hall–Kier alpha value is -2.77. The third-order valence-corrected chi connectivity index (χ3v) is 3.76. The first-order chi connectivity index (χ1) is 10.9. The molecular weight excluding hydrogens is 300 g/mol. The van der Waals surface area contributed by atoms with Gasteiger partial charge in [0.1, 0.15) is 5.92 Å². The van der Waals surface area contributed by atoms with Gasteiger partial charge in [-0.05, 0) is 26.7 Å². The van der Waals surface area contributed by atoms with Crippen LogP contribution >= 0.6 is 0 Å². The highest BCUT2D eigenvalue weighted by Gasteiger charge is 2.28. The maximum Gasteiger partial charge on any atom is 0.272 e. The summed E-state index contributed by atoms with van der Waals surface area (Å²) in [5.74, 6) is -1.51. The lowest BCUT2D eigenvalue weighted by Crippen LogP contribution is -2.44. The molecule has 1 aliphatic rings. The van der Waals surface area contributed by atoms with E-state index in [-0.39, 0.29) is 11.6 Å². The van der Waals surface area contributed by atoms with Crippen molar-refractivity contribution in [1.29, 1.82) is 0 Å². The van der Waals surface area contributed by atoms with Crippen LogP contribution in [0.3, 0.4) is 0 Å². The van der Waals surface area contributed by atoms with E-state index in [4.69, 9.17) is 0 Å². The molecule has 0 bridgehead atoms. The summed E-state index contributed by atoms with van der Waals surface area (Å²) < 4.78 is 0. The molecule has 0 saturated carbocycles. The van der Waals surface area contributed by atoms with Crippen LogP contribution in [0.4, 0.5) is 5.69 Å². The topological polar surface area (TPSA) is 114 Å². The fourth-order valence-corrected chi connectivity index (χ4v) is 2.33. The third-order valence-electron chi connectivity index (χ3n) is 3.76. The van der Waals surface area contributed by atoms with Crippen LogP contribution in [0.25, 0.3) is 0 Å². The van der Waals surface area contributed by atoms with E-state index in [9.17, 15) is 19.7 Å². The Bertz CT molecular complexity index is 684. The molecule has 1 saturated heterocycles. The first-order valence-corrected chi connectivity index (χ1v) is 7.27. The molecule has 1 fully saturated rings. The summed E-state index contributed by atoms with van der Waals surface area (Å²) in [5.41, 5.74) is 3.87. The summed E-state index contributed by atoms with van der Waals surface area (Å²) in [6.45, 7) is 3.87. The zero-order valence-corrected chi connectivity index (χ0v) is 13.0. The number of nitro benzene ring substituents is 1. The van der Waals surface area contributed by atoms with Gasteiger partial charge in [-0.15, -0.1) is 0 Å². The molecule has 0 aromatic heterocycles. The molecule has 122 valence electrons. The van der Waals surface area contributed by atoms with E-state index in [1.54, 1.807) is 26.0 Å². The number of nitrogens with zero attached hydrogens (tertiary/aromatic N) is 2. The molecule has 1 atom stereocenters. The van der Waals surface area contributed by atoms with Crippen LogP contribution in [-0.2, 0) is 9.59 Å². The first-order valence-electron chi connectivity index (χ1n) is 7.27. The number of nitro groups is 1. The highest BCUT2D eigenvalue weighted by atomic mass is 16.6. The summed E-state index contributed by atoms with van der Waals surface area (Å²) in [5, 5.41) is 17.5. The molecule has 0 aliphatic carbocycles. The van der Waals surface area contributed by atoms with Crippen molar-refractivity contribution >= 4 is 23.2 Å². The molecule has 2 rings (SSSR count). The maximum absolute atomic E-state index is 12.0. The second-order valence-corrected chi connectivity index (χ2v) is 5.42. The Labute approximate surface area is 133 Å². The Kier molecular flexibility index (Phi) is 5.05. The first kappa shape index (κ1) is 16.6. The van der Waals surface area contributed by atoms with E-state index in [1.807, 2.05) is 0 Å². The minimum Gasteiger partial charge on any atom is -0.355 e. The van der Waals surface area contributed by atoms with Crippen LogP contribution in [0.15, 0.2) is 23.3 Å². The Morgan fingerprint density at radius 1 is 1.48 bits per heavy atom. The molecule has 8 nitrogen and oxygen atoms in total. The fraction of sp³-hybridized carbons (Fsp3) is 0.400. The molecule has 23 heavy (non-hydrogen) atoms. The van der Waals surface area contributed by atoms with Gasteiger partial charge in [0, 0.05) is 23.7 Å². The van der Waals surface area contributed by atoms with Crippen molar-refractivity contribution in [1.82, 2.24) is 10.7 Å². The van der Waals surface area contributed by atoms with Crippen LogP contribution in [0.2, 0.25) is 0 Å². The van der Waals surface area contributed by atoms with Gasteiger partial charge < -0.3 is 5.32 Å². The predicted octanol–water partition coefficient (Wildman–Crippen LogP) is 1.27. The number of nitrogens with one attached hydrogen (secondary N) is 2. The molecular formula is C15H18N4O4. The number of carbonyl (C=O) groups excluding carboxylic acids is 2. The zero-order valence-electron chi connectivity index (χ0n) is 13.0. The van der Waals surface area contributed by atoms with Gasteiger partial charge in [-0.3, -0.25) is 19.7 Å². The van der Waals surface area contributed by atoms with Crippen LogP contribution in [0, 0.1) is 23.0 Å². The molecule has 1 heterocycles. The van der Waals surface area contributed by atoms with E-state index in [0.717, 1.165) is 6.42 Å². The molecule has 2 amide bonds. The number of hydrazone groups is 1. The van der Waals surface area contributed by atoms with Crippen molar-refractivity contribution in [2.45, 2.75) is 26.7 Å². The van der Waals surface area contributed by atoms with Crippen LogP contribution in [0.5, 0.6) is 0 Å². The van der Waals surface area contributed by atoms with Crippen LogP contribution in [-0.4, -0.2) is 29.0 Å². The van der Waals surface area contributed by atoms with Crippen LogP contribution in [0.1, 0.15) is 30.9 Å². The monoisotopic (exact) mass is 318 g/mol. The highest BCUT2D eigenvalue weighted by molar-refractivity contribution is 6.03. The number of carbonyl (C=O) groups is 2. The van der Waals surface area contributed by atoms with Gasteiger partial charge >= 0.3 is 0 Å². The largest absolute Gasteiger partial charge is 0.355 e. The molecule has 2 N–H and O–H groups in total. The van der Waals surface area contributed by atoms with E-state index < -0.39 is 16.7 Å². The van der Waals surface area contributed by atoms with Crippen molar-refractivity contribution in [3.8, 4) is 0 Å². The fourth-order valence-electron chi connectivity index (χ4n) is 2.33. The summed E-state index contributed by atoms with van der Waals surface area (Å²) >= 11 is 0. The number of hydrogen-bond donors (Lipinski definition) is 2. The van der Waals surface area contributed by atoms with Gasteiger partial charge in [-0.25, -0.2) is 5.43 Å². The third kappa shape index (κ3) is 3.91. The van der Waals surface area contributed by atoms with E-state index in [0.29, 0.717) is 29.8 Å². The quantitative estimate of drug-likeness (QED) is 0.376. The van der Waals surface area contributed by atoms with Crippen molar-refractivity contribution in [2.75, 3.05) is 6.54 Å². The molecule has 8 heteroatoms. The SMILES string of the molecule is C/C(=N/NC(=O)C1CCCNC1=O)c1ccc(C)c([N+](=O)[O-])c1. The normalized spacial score (nSPS) is 18.3. The Morgan fingerprint density at radius 2 is 2.22 bits per heavy atom. The number of rotatable bonds is 4. The molecule has 0 spiro atoms. The molecule has 1 aromatic carbocycles. The van der Waals surface area contributed by atoms with E-state index in [2.05, 4.69) is 15.8 Å². The summed E-state index contributed by atoms with van der Waals surface area (Å²) in [4.78, 5) is 34.1. The van der Waals surface area contributed by atoms with Gasteiger partial charge in [0.25, 0.3) is 11.6 Å². The summed E-state index contributed by atoms with van der Waals surface area (Å²) in [6.07, 6.45) is 1.24. The Morgan fingerprint density at radius 3 is 2.87 bits per heavy atom. The second kappa shape index (κ2) is 6.99. The number of piperidine rings is 1. The van der Waals surface area contributed by atoms with Gasteiger partial charge in [-0.1, -0.05) is 12.1 Å². The molecule has 1 aromatic rings. The standard InChI is InChI=1S/C15H18N4O4/c1-9-5-6-11(8-13(9)19(22)23)10(2)17-18-15(21)12-4-3-7-16-14(12)20/h5-6,8,12H,3-4,7H2,1-2H3,(H,16,20)(H,18,21)/b17-10-. The Balaban J connectivity index is 2.10. The number of benzene rings is 1. The predicted molar refractivity (Wildman–Crippen MR) is 83.9 cm³/mol. The molecule has 0 radical (unpaired) electrons. The van der Waals surface area contributed by atoms with Gasteiger partial charge in [0.2, 0.25) is 5.91 Å². The van der Waals surface area contributed by atoms with Gasteiger partial charge in [-0.2, -0.15) is 5.10 Å². The lowest BCUT2D eigenvalue weighted by atomic mass is 9.98. The minimum atomic E-state index is -0.743. The van der Waals surface area contributed by atoms with Crippen molar-refractivity contribution < 1.29 is 14.5 Å². The average molecular weight is 318 g/mol. The van der Waals surface area contributed by atoms with Crippen LogP contribution < -0.4 is 10.7 Å². The zero-order chi connectivity index (χ0) is 17.0. The number of aryl methyl sites for hydroxylation is 1. The smallest absolute Gasteiger partial charge is 0.272 e. The van der Waals surface area contributed by atoms with Crippen molar-refractivity contribution in [3.05, 3.63) is 39.4 Å². The van der Waals surface area contributed by atoms with E-state index in [1.165, 1.54) is 6.07 Å². The lowest BCUT2D eigenvalue weighted by molar-refractivity contribution is -0.385. The maximum atomic E-state index is 12.0. The average Bonchev–Trinajstić information content (AvgIpc) is 2.52.